The molecule has 0 amide bonds. The molecule has 0 radical (unpaired) electrons. The first kappa shape index (κ1) is 14.6. The Hall–Kier alpha value is -1.37. The third-order valence-electron chi connectivity index (χ3n) is 4.01. The Labute approximate surface area is 125 Å². The number of hydrogen-bond acceptors (Lipinski definition) is 3. The van der Waals surface area contributed by atoms with E-state index in [-0.39, 0.29) is 0 Å². The molecule has 1 fully saturated rings. The Morgan fingerprint density at radius 3 is 2.76 bits per heavy atom. The van der Waals surface area contributed by atoms with Crippen molar-refractivity contribution in [2.75, 3.05) is 26.2 Å². The number of nitrogens with one attached hydrogen (secondary N) is 2. The monoisotopic (exact) mass is 307 g/mol. The Kier molecular flexibility index (Phi) is 4.28. The van der Waals surface area contributed by atoms with Crippen molar-refractivity contribution in [1.82, 2.24) is 14.6 Å². The molecule has 3 rings (SSSR count). The van der Waals surface area contributed by atoms with Gasteiger partial charge in [-0.1, -0.05) is 12.5 Å². The maximum Gasteiger partial charge on any atom is 0.240 e. The van der Waals surface area contributed by atoms with Gasteiger partial charge in [-0.15, -0.1) is 0 Å². The largest absolute Gasteiger partial charge is 0.361 e. The van der Waals surface area contributed by atoms with Crippen LogP contribution in [0.4, 0.5) is 0 Å². The van der Waals surface area contributed by atoms with Crippen LogP contribution in [0, 0.1) is 0 Å². The average Bonchev–Trinajstić information content (AvgIpc) is 2.95. The molecule has 2 aromatic rings. The summed E-state index contributed by atoms with van der Waals surface area (Å²) in [6.07, 6.45) is 5.54. The Balaban J connectivity index is 1.62. The number of rotatable bonds is 5. The fraction of sp³-hybridized carbons (Fsp3) is 0.467. The molecule has 0 spiro atoms. The lowest BCUT2D eigenvalue weighted by Crippen LogP contribution is -2.37. The lowest BCUT2D eigenvalue weighted by molar-refractivity contribution is 0.233. The molecule has 5 nitrogen and oxygen atoms in total. The number of likely N-dealkylation sites (tertiary alicyclic amines) is 1. The molecule has 21 heavy (non-hydrogen) atoms. The molecule has 0 aliphatic carbocycles. The van der Waals surface area contributed by atoms with E-state index in [0.717, 1.165) is 30.5 Å². The SMILES string of the molecule is O=S(=O)(NCCN1CCCCC1)c1ccc2cc[nH]c2c1. The predicted molar refractivity (Wildman–Crippen MR) is 83.8 cm³/mol. The van der Waals surface area contributed by atoms with Crippen molar-refractivity contribution in [3.8, 4) is 0 Å². The van der Waals surface area contributed by atoms with E-state index >= 15 is 0 Å². The van der Waals surface area contributed by atoms with Gasteiger partial charge in [0.25, 0.3) is 0 Å². The van der Waals surface area contributed by atoms with Gasteiger partial charge in [0.15, 0.2) is 0 Å². The van der Waals surface area contributed by atoms with Gasteiger partial charge in [-0.25, -0.2) is 13.1 Å². The molecule has 1 aromatic carbocycles. The van der Waals surface area contributed by atoms with Crippen molar-refractivity contribution >= 4 is 20.9 Å². The van der Waals surface area contributed by atoms with Crippen LogP contribution in [0.3, 0.4) is 0 Å². The minimum atomic E-state index is -3.43. The van der Waals surface area contributed by atoms with E-state index in [1.54, 1.807) is 12.1 Å². The Morgan fingerprint density at radius 1 is 1.14 bits per heavy atom. The Morgan fingerprint density at radius 2 is 1.95 bits per heavy atom. The molecule has 0 bridgehead atoms. The van der Waals surface area contributed by atoms with Crippen LogP contribution in [0.1, 0.15) is 19.3 Å². The second kappa shape index (κ2) is 6.17. The zero-order valence-corrected chi connectivity index (χ0v) is 12.8. The second-order valence-electron chi connectivity index (χ2n) is 5.53. The summed E-state index contributed by atoms with van der Waals surface area (Å²) in [7, 11) is -3.43. The highest BCUT2D eigenvalue weighted by molar-refractivity contribution is 7.89. The molecule has 2 heterocycles. The van der Waals surface area contributed by atoms with Gasteiger partial charge in [0.2, 0.25) is 10.0 Å². The number of piperidine rings is 1. The lowest BCUT2D eigenvalue weighted by atomic mass is 10.1. The number of aromatic nitrogens is 1. The van der Waals surface area contributed by atoms with E-state index in [1.165, 1.54) is 19.3 Å². The van der Waals surface area contributed by atoms with Crippen molar-refractivity contribution in [1.29, 1.82) is 0 Å². The van der Waals surface area contributed by atoms with Gasteiger partial charge in [0.05, 0.1) is 4.90 Å². The Bertz CT molecular complexity index is 703. The summed E-state index contributed by atoms with van der Waals surface area (Å²) < 4.78 is 27.3. The number of sulfonamides is 1. The summed E-state index contributed by atoms with van der Waals surface area (Å²) in [5, 5.41) is 1.02. The summed E-state index contributed by atoms with van der Waals surface area (Å²) in [6, 6.07) is 7.08. The van der Waals surface area contributed by atoms with Crippen LogP contribution in [0.5, 0.6) is 0 Å². The molecule has 6 heteroatoms. The zero-order chi connectivity index (χ0) is 14.7. The molecular formula is C15H21N3O2S. The van der Waals surface area contributed by atoms with Crippen LogP contribution in [0.15, 0.2) is 35.4 Å². The van der Waals surface area contributed by atoms with Crippen LogP contribution >= 0.6 is 0 Å². The van der Waals surface area contributed by atoms with Crippen molar-refractivity contribution in [3.05, 3.63) is 30.5 Å². The van der Waals surface area contributed by atoms with Crippen LogP contribution in [-0.2, 0) is 10.0 Å². The summed E-state index contributed by atoms with van der Waals surface area (Å²) in [6.45, 7) is 3.40. The van der Waals surface area contributed by atoms with E-state index in [1.807, 2.05) is 18.3 Å². The van der Waals surface area contributed by atoms with Gasteiger partial charge >= 0.3 is 0 Å². The normalized spacial score (nSPS) is 17.3. The summed E-state index contributed by atoms with van der Waals surface area (Å²) >= 11 is 0. The maximum atomic E-state index is 12.3. The van der Waals surface area contributed by atoms with E-state index in [2.05, 4.69) is 14.6 Å². The first-order valence-electron chi connectivity index (χ1n) is 7.44. The minimum Gasteiger partial charge on any atom is -0.361 e. The molecule has 1 aromatic heterocycles. The number of aromatic amines is 1. The summed E-state index contributed by atoms with van der Waals surface area (Å²) in [5.74, 6) is 0. The lowest BCUT2D eigenvalue weighted by Gasteiger charge is -2.26. The number of fused-ring (bicyclic) bond motifs is 1. The van der Waals surface area contributed by atoms with Crippen molar-refractivity contribution in [2.45, 2.75) is 24.2 Å². The van der Waals surface area contributed by atoms with E-state index in [9.17, 15) is 8.42 Å². The predicted octanol–water partition coefficient (Wildman–Crippen LogP) is 1.93. The standard InChI is InChI=1S/C15H21N3O2S/c19-21(20,17-8-11-18-9-2-1-3-10-18)14-5-4-13-6-7-16-15(13)12-14/h4-7,12,16-17H,1-3,8-11H2. The van der Waals surface area contributed by atoms with Gasteiger partial charge in [0, 0.05) is 24.8 Å². The zero-order valence-electron chi connectivity index (χ0n) is 12.0. The summed E-state index contributed by atoms with van der Waals surface area (Å²) in [5.41, 5.74) is 0.842. The van der Waals surface area contributed by atoms with Crippen molar-refractivity contribution < 1.29 is 8.42 Å². The molecule has 1 saturated heterocycles. The topological polar surface area (TPSA) is 65.2 Å². The fourth-order valence-electron chi connectivity index (χ4n) is 2.80. The van der Waals surface area contributed by atoms with Gasteiger partial charge in [-0.05, 0) is 49.5 Å². The maximum absolute atomic E-state index is 12.3. The van der Waals surface area contributed by atoms with Crippen LogP contribution in [-0.4, -0.2) is 44.5 Å². The highest BCUT2D eigenvalue weighted by atomic mass is 32.2. The van der Waals surface area contributed by atoms with Gasteiger partial charge in [-0.2, -0.15) is 0 Å². The average molecular weight is 307 g/mol. The molecular weight excluding hydrogens is 286 g/mol. The number of benzene rings is 1. The number of hydrogen-bond donors (Lipinski definition) is 2. The molecule has 0 unspecified atom stereocenters. The van der Waals surface area contributed by atoms with E-state index in [0.29, 0.717) is 11.4 Å². The second-order valence-corrected chi connectivity index (χ2v) is 7.29. The quantitative estimate of drug-likeness (QED) is 0.887. The molecule has 1 aliphatic rings. The third-order valence-corrected chi connectivity index (χ3v) is 5.46. The smallest absolute Gasteiger partial charge is 0.240 e. The fourth-order valence-corrected chi connectivity index (χ4v) is 3.85. The van der Waals surface area contributed by atoms with Crippen LogP contribution in [0.2, 0.25) is 0 Å². The molecule has 2 N–H and O–H groups in total. The van der Waals surface area contributed by atoms with Crippen molar-refractivity contribution in [3.63, 3.8) is 0 Å². The van der Waals surface area contributed by atoms with E-state index < -0.39 is 10.0 Å². The van der Waals surface area contributed by atoms with Gasteiger partial charge in [-0.3, -0.25) is 0 Å². The van der Waals surface area contributed by atoms with Crippen molar-refractivity contribution in [2.24, 2.45) is 0 Å². The third kappa shape index (κ3) is 3.45. The molecule has 1 aliphatic heterocycles. The van der Waals surface area contributed by atoms with Gasteiger partial charge in [0.1, 0.15) is 0 Å². The van der Waals surface area contributed by atoms with Gasteiger partial charge < -0.3 is 9.88 Å². The molecule has 0 atom stereocenters. The molecule has 0 saturated carbocycles. The minimum absolute atomic E-state index is 0.316. The summed E-state index contributed by atoms with van der Waals surface area (Å²) in [4.78, 5) is 5.67. The molecule has 114 valence electrons. The highest BCUT2D eigenvalue weighted by Gasteiger charge is 2.15. The number of H-pyrrole nitrogens is 1. The highest BCUT2D eigenvalue weighted by Crippen LogP contribution is 2.17. The van der Waals surface area contributed by atoms with E-state index in [4.69, 9.17) is 0 Å². The number of nitrogens with zero attached hydrogens (tertiary/aromatic N) is 1. The van der Waals surface area contributed by atoms with Crippen LogP contribution < -0.4 is 4.72 Å². The van der Waals surface area contributed by atoms with Crippen LogP contribution in [0.25, 0.3) is 10.9 Å². The first-order chi connectivity index (χ1) is 10.1. The first-order valence-corrected chi connectivity index (χ1v) is 8.93.